The van der Waals surface area contributed by atoms with Gasteiger partial charge in [-0.1, -0.05) is 23.1 Å². The minimum atomic E-state index is 0.597. The van der Waals surface area contributed by atoms with Crippen molar-refractivity contribution in [3.05, 3.63) is 17.7 Å². The minimum absolute atomic E-state index is 0.597. The molecule has 0 aliphatic carbocycles. The number of nitrogens with zero attached hydrogens (tertiary/aromatic N) is 5. The molecule has 0 spiro atoms. The van der Waals surface area contributed by atoms with Gasteiger partial charge in [0.15, 0.2) is 5.65 Å². The van der Waals surface area contributed by atoms with Crippen LogP contribution in [-0.2, 0) is 5.75 Å². The van der Waals surface area contributed by atoms with Crippen molar-refractivity contribution < 1.29 is 0 Å². The Balaban J connectivity index is 1.78. The average Bonchev–Trinajstić information content (AvgIpc) is 3.05. The van der Waals surface area contributed by atoms with Crippen LogP contribution in [0.5, 0.6) is 0 Å². The number of anilines is 1. The first kappa shape index (κ1) is 11.3. The van der Waals surface area contributed by atoms with Crippen LogP contribution in [-0.4, -0.2) is 30.1 Å². The van der Waals surface area contributed by atoms with Crippen molar-refractivity contribution >= 4 is 39.4 Å². The molecule has 3 aromatic heterocycles. The standard InChI is InChI=1S/C8H8N8S2/c9-14-8-16-15-4(18-8)1-17-7-5-6(11-2-10-5)12-3-13-7/h2-3H,1,9H2,(H,14,16)(H,10,11,12,13). The van der Waals surface area contributed by atoms with Crippen LogP contribution in [0.1, 0.15) is 5.01 Å². The summed E-state index contributed by atoms with van der Waals surface area (Å²) in [6.07, 6.45) is 3.10. The van der Waals surface area contributed by atoms with Gasteiger partial charge in [0.2, 0.25) is 5.13 Å². The Labute approximate surface area is 109 Å². The predicted octanol–water partition coefficient (Wildman–Crippen LogP) is 0.782. The van der Waals surface area contributed by atoms with E-state index in [2.05, 4.69) is 35.6 Å². The van der Waals surface area contributed by atoms with Gasteiger partial charge in [-0.25, -0.2) is 20.8 Å². The molecular formula is C8H8N8S2. The molecule has 92 valence electrons. The maximum Gasteiger partial charge on any atom is 0.219 e. The van der Waals surface area contributed by atoms with Crippen LogP contribution < -0.4 is 11.3 Å². The summed E-state index contributed by atoms with van der Waals surface area (Å²) in [6.45, 7) is 0. The molecule has 0 unspecified atom stereocenters. The highest BCUT2D eigenvalue weighted by Gasteiger charge is 2.09. The van der Waals surface area contributed by atoms with Crippen LogP contribution in [0.2, 0.25) is 0 Å². The second-order valence-corrected chi connectivity index (χ2v) is 5.24. The Morgan fingerprint density at radius 2 is 2.28 bits per heavy atom. The van der Waals surface area contributed by atoms with Gasteiger partial charge in [-0.3, -0.25) is 5.43 Å². The summed E-state index contributed by atoms with van der Waals surface area (Å²) >= 11 is 2.96. The van der Waals surface area contributed by atoms with Crippen LogP contribution >= 0.6 is 23.1 Å². The summed E-state index contributed by atoms with van der Waals surface area (Å²) in [4.78, 5) is 15.4. The largest absolute Gasteiger partial charge is 0.341 e. The van der Waals surface area contributed by atoms with E-state index >= 15 is 0 Å². The normalized spacial score (nSPS) is 10.9. The number of nitrogens with two attached hydrogens (primary N) is 1. The van der Waals surface area contributed by atoms with Crippen molar-refractivity contribution in [2.45, 2.75) is 10.8 Å². The van der Waals surface area contributed by atoms with Gasteiger partial charge in [0.1, 0.15) is 21.9 Å². The number of hydrazine groups is 1. The molecule has 0 bridgehead atoms. The molecule has 10 heteroatoms. The van der Waals surface area contributed by atoms with Gasteiger partial charge in [0, 0.05) is 0 Å². The molecule has 0 fully saturated rings. The smallest absolute Gasteiger partial charge is 0.219 e. The molecule has 0 aliphatic rings. The van der Waals surface area contributed by atoms with E-state index < -0.39 is 0 Å². The minimum Gasteiger partial charge on any atom is -0.341 e. The third kappa shape index (κ3) is 2.12. The van der Waals surface area contributed by atoms with Crippen LogP contribution in [0.15, 0.2) is 17.7 Å². The van der Waals surface area contributed by atoms with E-state index in [9.17, 15) is 0 Å². The van der Waals surface area contributed by atoms with E-state index in [0.29, 0.717) is 16.5 Å². The van der Waals surface area contributed by atoms with E-state index in [4.69, 9.17) is 5.84 Å². The molecule has 3 aromatic rings. The third-order valence-electron chi connectivity index (χ3n) is 2.11. The molecule has 0 aromatic carbocycles. The fourth-order valence-corrected chi connectivity index (χ4v) is 2.94. The molecular weight excluding hydrogens is 272 g/mol. The number of hydrogen-bond donors (Lipinski definition) is 3. The molecule has 0 saturated heterocycles. The Morgan fingerprint density at radius 1 is 1.33 bits per heavy atom. The lowest BCUT2D eigenvalue weighted by Crippen LogP contribution is -2.05. The molecule has 0 atom stereocenters. The number of nitrogens with one attached hydrogen (secondary N) is 2. The number of thioether (sulfide) groups is 1. The number of rotatable bonds is 4. The number of aromatic nitrogens is 6. The second-order valence-electron chi connectivity index (χ2n) is 3.21. The van der Waals surface area contributed by atoms with Crippen molar-refractivity contribution in [1.29, 1.82) is 0 Å². The van der Waals surface area contributed by atoms with E-state index in [0.717, 1.165) is 15.6 Å². The zero-order chi connectivity index (χ0) is 12.4. The van der Waals surface area contributed by atoms with Crippen molar-refractivity contribution in [3.8, 4) is 0 Å². The summed E-state index contributed by atoms with van der Waals surface area (Å²) in [7, 11) is 0. The maximum atomic E-state index is 5.25. The fraction of sp³-hybridized carbons (Fsp3) is 0.125. The molecule has 8 nitrogen and oxygen atoms in total. The maximum absolute atomic E-state index is 5.25. The highest BCUT2D eigenvalue weighted by molar-refractivity contribution is 7.98. The number of fused-ring (bicyclic) bond motifs is 1. The summed E-state index contributed by atoms with van der Waals surface area (Å²) < 4.78 is 0. The van der Waals surface area contributed by atoms with Gasteiger partial charge in [0.25, 0.3) is 0 Å². The third-order valence-corrected chi connectivity index (χ3v) is 4.15. The average molecular weight is 280 g/mol. The summed E-state index contributed by atoms with van der Waals surface area (Å²) in [5, 5.41) is 10.2. The van der Waals surface area contributed by atoms with E-state index in [1.165, 1.54) is 17.7 Å². The molecule has 3 rings (SSSR count). The molecule has 4 N–H and O–H groups in total. The van der Waals surface area contributed by atoms with Crippen molar-refractivity contribution in [2.24, 2.45) is 5.84 Å². The van der Waals surface area contributed by atoms with E-state index in [1.54, 1.807) is 18.1 Å². The van der Waals surface area contributed by atoms with Crippen molar-refractivity contribution in [1.82, 2.24) is 30.1 Å². The zero-order valence-electron chi connectivity index (χ0n) is 8.99. The number of aromatic amines is 1. The van der Waals surface area contributed by atoms with Gasteiger partial charge in [-0.05, 0) is 0 Å². The van der Waals surface area contributed by atoms with Crippen LogP contribution in [0, 0.1) is 0 Å². The van der Waals surface area contributed by atoms with Crippen LogP contribution in [0.25, 0.3) is 11.2 Å². The number of hydrogen-bond acceptors (Lipinski definition) is 9. The summed E-state index contributed by atoms with van der Waals surface area (Å²) in [5.41, 5.74) is 3.96. The Kier molecular flexibility index (Phi) is 3.04. The quantitative estimate of drug-likeness (QED) is 0.278. The SMILES string of the molecule is NNc1nnc(CSc2ncnc3nc[nH]c23)s1. The Hall–Kier alpha value is -1.78. The first-order valence-electron chi connectivity index (χ1n) is 4.92. The van der Waals surface area contributed by atoms with E-state index in [-0.39, 0.29) is 0 Å². The van der Waals surface area contributed by atoms with Gasteiger partial charge >= 0.3 is 0 Å². The van der Waals surface area contributed by atoms with Crippen molar-refractivity contribution in [3.63, 3.8) is 0 Å². The first-order valence-corrected chi connectivity index (χ1v) is 6.73. The number of H-pyrrole nitrogens is 1. The Bertz CT molecular complexity index is 662. The van der Waals surface area contributed by atoms with Gasteiger partial charge in [0.05, 0.1) is 12.1 Å². The van der Waals surface area contributed by atoms with Crippen LogP contribution in [0.3, 0.4) is 0 Å². The zero-order valence-corrected chi connectivity index (χ0v) is 10.6. The fourth-order valence-electron chi connectivity index (χ4n) is 1.35. The van der Waals surface area contributed by atoms with Crippen molar-refractivity contribution in [2.75, 3.05) is 5.43 Å². The number of imidazole rings is 1. The number of nitrogen functional groups attached to an aromatic ring is 1. The highest BCUT2D eigenvalue weighted by atomic mass is 32.2. The second kappa shape index (κ2) is 4.84. The predicted molar refractivity (Wildman–Crippen MR) is 69.0 cm³/mol. The molecule has 0 saturated carbocycles. The highest BCUT2D eigenvalue weighted by Crippen LogP contribution is 2.27. The van der Waals surface area contributed by atoms with Crippen LogP contribution in [0.4, 0.5) is 5.13 Å². The molecule has 3 heterocycles. The Morgan fingerprint density at radius 3 is 3.11 bits per heavy atom. The molecule has 0 radical (unpaired) electrons. The summed E-state index contributed by atoms with van der Waals surface area (Å²) in [6, 6.07) is 0. The van der Waals surface area contributed by atoms with E-state index in [1.807, 2.05) is 0 Å². The lowest BCUT2D eigenvalue weighted by molar-refractivity contribution is 1.03. The topological polar surface area (TPSA) is 118 Å². The lowest BCUT2D eigenvalue weighted by atomic mass is 10.6. The molecule has 18 heavy (non-hydrogen) atoms. The summed E-state index contributed by atoms with van der Waals surface area (Å²) in [5.74, 6) is 5.92. The molecule has 0 amide bonds. The van der Waals surface area contributed by atoms with Gasteiger partial charge < -0.3 is 4.98 Å². The monoisotopic (exact) mass is 280 g/mol. The van der Waals surface area contributed by atoms with Gasteiger partial charge in [-0.15, -0.1) is 10.2 Å². The first-order chi connectivity index (χ1) is 8.86. The lowest BCUT2D eigenvalue weighted by Gasteiger charge is -1.98. The van der Waals surface area contributed by atoms with Gasteiger partial charge in [-0.2, -0.15) is 0 Å². The molecule has 0 aliphatic heterocycles.